The Bertz CT molecular complexity index is 895. The SMILES string of the molecule is CC[C@@]1(c2ccccc2)NC(=O)N(CC(=O)Nc2ccccc2C(C)C)C1=O. The van der Waals surface area contributed by atoms with Gasteiger partial charge in [-0.25, -0.2) is 4.79 Å². The van der Waals surface area contributed by atoms with Crippen LogP contribution in [0.5, 0.6) is 0 Å². The van der Waals surface area contributed by atoms with Crippen LogP contribution in [0, 0.1) is 0 Å². The first-order valence-corrected chi connectivity index (χ1v) is 9.47. The Labute approximate surface area is 164 Å². The molecule has 28 heavy (non-hydrogen) atoms. The minimum atomic E-state index is -1.13. The molecule has 2 aromatic rings. The second-order valence-corrected chi connectivity index (χ2v) is 7.24. The number of carbonyl (C=O) groups is 3. The van der Waals surface area contributed by atoms with Crippen LogP contribution >= 0.6 is 0 Å². The monoisotopic (exact) mass is 379 g/mol. The van der Waals surface area contributed by atoms with E-state index in [1.165, 1.54) is 0 Å². The van der Waals surface area contributed by atoms with Crippen LogP contribution in [0.4, 0.5) is 10.5 Å². The molecule has 2 aromatic carbocycles. The van der Waals surface area contributed by atoms with E-state index in [0.29, 0.717) is 17.7 Å². The number of urea groups is 1. The number of hydrogen-bond donors (Lipinski definition) is 2. The summed E-state index contributed by atoms with van der Waals surface area (Å²) >= 11 is 0. The predicted molar refractivity (Wildman–Crippen MR) is 108 cm³/mol. The van der Waals surface area contributed by atoms with Gasteiger partial charge in [0.1, 0.15) is 12.1 Å². The molecule has 1 atom stereocenters. The van der Waals surface area contributed by atoms with Gasteiger partial charge in [0, 0.05) is 5.69 Å². The van der Waals surface area contributed by atoms with Gasteiger partial charge in [-0.1, -0.05) is 69.3 Å². The van der Waals surface area contributed by atoms with Gasteiger partial charge in [-0.3, -0.25) is 14.5 Å². The third-order valence-corrected chi connectivity index (χ3v) is 5.13. The van der Waals surface area contributed by atoms with E-state index in [1.54, 1.807) is 0 Å². The number of nitrogens with one attached hydrogen (secondary N) is 2. The van der Waals surface area contributed by atoms with Crippen molar-refractivity contribution >= 4 is 23.5 Å². The average Bonchev–Trinajstić information content (AvgIpc) is 2.94. The second kappa shape index (κ2) is 7.84. The minimum absolute atomic E-state index is 0.235. The zero-order valence-electron chi connectivity index (χ0n) is 16.4. The highest BCUT2D eigenvalue weighted by Gasteiger charge is 2.51. The summed E-state index contributed by atoms with van der Waals surface area (Å²) in [6.07, 6.45) is 0.399. The molecular weight excluding hydrogens is 354 g/mol. The lowest BCUT2D eigenvalue weighted by Gasteiger charge is -2.25. The summed E-state index contributed by atoms with van der Waals surface area (Å²) < 4.78 is 0. The molecule has 1 fully saturated rings. The third-order valence-electron chi connectivity index (χ3n) is 5.13. The number of nitrogens with zero attached hydrogens (tertiary/aromatic N) is 1. The van der Waals surface area contributed by atoms with Crippen molar-refractivity contribution in [2.24, 2.45) is 0 Å². The Balaban J connectivity index is 1.79. The van der Waals surface area contributed by atoms with Crippen molar-refractivity contribution in [1.82, 2.24) is 10.2 Å². The van der Waals surface area contributed by atoms with Gasteiger partial charge in [0.15, 0.2) is 0 Å². The first-order valence-electron chi connectivity index (χ1n) is 9.47. The van der Waals surface area contributed by atoms with Crippen LogP contribution in [0.15, 0.2) is 54.6 Å². The molecule has 1 heterocycles. The summed E-state index contributed by atoms with van der Waals surface area (Å²) in [6.45, 7) is 5.59. The van der Waals surface area contributed by atoms with Gasteiger partial charge in [-0.05, 0) is 29.5 Å². The molecular formula is C22H25N3O3. The first-order chi connectivity index (χ1) is 13.4. The van der Waals surface area contributed by atoms with Crippen LogP contribution in [0.2, 0.25) is 0 Å². The van der Waals surface area contributed by atoms with Gasteiger partial charge in [-0.15, -0.1) is 0 Å². The molecule has 2 N–H and O–H groups in total. The van der Waals surface area contributed by atoms with E-state index in [-0.39, 0.29) is 12.5 Å². The molecule has 0 radical (unpaired) electrons. The summed E-state index contributed by atoms with van der Waals surface area (Å²) in [7, 11) is 0. The Kier molecular flexibility index (Phi) is 5.49. The summed E-state index contributed by atoms with van der Waals surface area (Å²) in [6, 6.07) is 16.1. The van der Waals surface area contributed by atoms with Crippen LogP contribution in [-0.4, -0.2) is 29.3 Å². The molecule has 1 aliphatic heterocycles. The Hall–Kier alpha value is -3.15. The Morgan fingerprint density at radius 2 is 1.71 bits per heavy atom. The van der Waals surface area contributed by atoms with Crippen molar-refractivity contribution in [3.8, 4) is 0 Å². The molecule has 6 heteroatoms. The van der Waals surface area contributed by atoms with Crippen molar-refractivity contribution in [3.63, 3.8) is 0 Å². The summed E-state index contributed by atoms with van der Waals surface area (Å²) in [5, 5.41) is 5.62. The molecule has 1 saturated heterocycles. The van der Waals surface area contributed by atoms with Crippen LogP contribution in [0.1, 0.15) is 44.2 Å². The maximum absolute atomic E-state index is 13.1. The normalized spacial score (nSPS) is 19.1. The van der Waals surface area contributed by atoms with E-state index < -0.39 is 23.4 Å². The van der Waals surface area contributed by atoms with E-state index >= 15 is 0 Å². The molecule has 4 amide bonds. The number of hydrogen-bond acceptors (Lipinski definition) is 3. The fraction of sp³-hybridized carbons (Fsp3) is 0.318. The van der Waals surface area contributed by atoms with Crippen LogP contribution in [-0.2, 0) is 15.1 Å². The molecule has 0 aliphatic carbocycles. The largest absolute Gasteiger partial charge is 0.325 e. The Morgan fingerprint density at radius 1 is 1.07 bits per heavy atom. The second-order valence-electron chi connectivity index (χ2n) is 7.24. The van der Waals surface area contributed by atoms with Gasteiger partial charge >= 0.3 is 6.03 Å². The fourth-order valence-corrected chi connectivity index (χ4v) is 3.58. The lowest BCUT2D eigenvalue weighted by atomic mass is 9.87. The molecule has 0 bridgehead atoms. The minimum Gasteiger partial charge on any atom is -0.324 e. The maximum atomic E-state index is 13.1. The number of para-hydroxylation sites is 1. The van der Waals surface area contributed by atoms with E-state index in [4.69, 9.17) is 0 Å². The van der Waals surface area contributed by atoms with Gasteiger partial charge < -0.3 is 10.6 Å². The lowest BCUT2D eigenvalue weighted by molar-refractivity contribution is -0.134. The molecule has 0 aromatic heterocycles. The van der Waals surface area contributed by atoms with E-state index in [0.717, 1.165) is 10.5 Å². The predicted octanol–water partition coefficient (Wildman–Crippen LogP) is 3.61. The fourth-order valence-electron chi connectivity index (χ4n) is 3.58. The highest BCUT2D eigenvalue weighted by Crippen LogP contribution is 2.32. The highest BCUT2D eigenvalue weighted by atomic mass is 16.2. The number of carbonyl (C=O) groups excluding carboxylic acids is 3. The molecule has 0 saturated carbocycles. The number of rotatable bonds is 6. The summed E-state index contributed by atoms with van der Waals surface area (Å²) in [5.74, 6) is -0.575. The van der Waals surface area contributed by atoms with Crippen molar-refractivity contribution < 1.29 is 14.4 Å². The average molecular weight is 379 g/mol. The van der Waals surface area contributed by atoms with Crippen molar-refractivity contribution in [3.05, 3.63) is 65.7 Å². The van der Waals surface area contributed by atoms with Gasteiger partial charge in [-0.2, -0.15) is 0 Å². The number of amides is 4. The first kappa shape index (κ1) is 19.6. The van der Waals surface area contributed by atoms with Gasteiger partial charge in [0.25, 0.3) is 5.91 Å². The van der Waals surface area contributed by atoms with E-state index in [2.05, 4.69) is 10.6 Å². The summed E-state index contributed by atoms with van der Waals surface area (Å²) in [5.41, 5.74) is 1.28. The highest BCUT2D eigenvalue weighted by molar-refractivity contribution is 6.10. The number of imide groups is 1. The molecule has 6 nitrogen and oxygen atoms in total. The van der Waals surface area contributed by atoms with Crippen molar-refractivity contribution in [2.75, 3.05) is 11.9 Å². The lowest BCUT2D eigenvalue weighted by Crippen LogP contribution is -2.44. The summed E-state index contributed by atoms with van der Waals surface area (Å²) in [4.78, 5) is 39.2. The van der Waals surface area contributed by atoms with Crippen molar-refractivity contribution in [1.29, 1.82) is 0 Å². The smallest absolute Gasteiger partial charge is 0.324 e. The standard InChI is InChI=1S/C22H25N3O3/c1-4-22(16-10-6-5-7-11-16)20(27)25(21(28)24-22)14-19(26)23-18-13-9-8-12-17(18)15(2)3/h5-13,15H,4,14H2,1-3H3,(H,23,26)(H,24,28)/t22-/m0/s1. The van der Waals surface area contributed by atoms with Crippen LogP contribution < -0.4 is 10.6 Å². The zero-order chi connectivity index (χ0) is 20.3. The zero-order valence-corrected chi connectivity index (χ0v) is 16.4. The molecule has 0 unspecified atom stereocenters. The maximum Gasteiger partial charge on any atom is 0.325 e. The van der Waals surface area contributed by atoms with Crippen molar-refractivity contribution in [2.45, 2.75) is 38.6 Å². The quantitative estimate of drug-likeness (QED) is 0.753. The van der Waals surface area contributed by atoms with E-state index in [9.17, 15) is 14.4 Å². The third kappa shape index (κ3) is 3.50. The topological polar surface area (TPSA) is 78.5 Å². The molecule has 146 valence electrons. The van der Waals surface area contributed by atoms with Gasteiger partial charge in [0.2, 0.25) is 5.91 Å². The Morgan fingerprint density at radius 3 is 2.36 bits per heavy atom. The molecule has 0 spiro atoms. The van der Waals surface area contributed by atoms with Crippen LogP contribution in [0.3, 0.4) is 0 Å². The van der Waals surface area contributed by atoms with Gasteiger partial charge in [0.05, 0.1) is 0 Å². The number of benzene rings is 2. The van der Waals surface area contributed by atoms with Crippen LogP contribution in [0.25, 0.3) is 0 Å². The number of anilines is 1. The molecule has 3 rings (SSSR count). The molecule has 1 aliphatic rings. The van der Waals surface area contributed by atoms with E-state index in [1.807, 2.05) is 75.4 Å².